The lowest BCUT2D eigenvalue weighted by Crippen LogP contribution is -2.38. The summed E-state index contributed by atoms with van der Waals surface area (Å²) in [6.07, 6.45) is 0. The van der Waals surface area contributed by atoms with E-state index in [9.17, 15) is 4.79 Å². The standard InChI is InChI=1S/C10H12N2O2/c1-6-3-2-4-8-9(6)14-5-7(11)10(13)12-8/h2-4,7H,5,11H2,1H3,(H,12,13). The maximum atomic E-state index is 11.4. The molecule has 0 aliphatic carbocycles. The lowest BCUT2D eigenvalue weighted by atomic mass is 10.2. The first-order valence-electron chi connectivity index (χ1n) is 4.47. The van der Waals surface area contributed by atoms with Crippen molar-refractivity contribution in [3.05, 3.63) is 23.8 Å². The van der Waals surface area contributed by atoms with Crippen molar-refractivity contribution in [3.8, 4) is 5.75 Å². The van der Waals surface area contributed by atoms with Crippen molar-refractivity contribution >= 4 is 11.6 Å². The Morgan fingerprint density at radius 3 is 3.14 bits per heavy atom. The number of amides is 1. The molecule has 1 unspecified atom stereocenters. The number of fused-ring (bicyclic) bond motifs is 1. The van der Waals surface area contributed by atoms with Crippen LogP contribution in [-0.4, -0.2) is 18.6 Å². The number of ether oxygens (including phenoxy) is 1. The molecule has 0 fully saturated rings. The fourth-order valence-electron chi connectivity index (χ4n) is 1.42. The number of para-hydroxylation sites is 1. The molecule has 3 N–H and O–H groups in total. The minimum absolute atomic E-state index is 0.200. The van der Waals surface area contributed by atoms with Gasteiger partial charge in [-0.05, 0) is 18.6 Å². The molecule has 2 rings (SSSR count). The van der Waals surface area contributed by atoms with Gasteiger partial charge in [0, 0.05) is 0 Å². The third kappa shape index (κ3) is 1.44. The van der Waals surface area contributed by atoms with Crippen molar-refractivity contribution in [1.29, 1.82) is 0 Å². The summed E-state index contributed by atoms with van der Waals surface area (Å²) in [5.74, 6) is 0.517. The van der Waals surface area contributed by atoms with Gasteiger partial charge in [-0.25, -0.2) is 0 Å². The van der Waals surface area contributed by atoms with Crippen LogP contribution in [0.5, 0.6) is 5.75 Å². The largest absolute Gasteiger partial charge is 0.489 e. The summed E-state index contributed by atoms with van der Waals surface area (Å²) in [4.78, 5) is 11.4. The SMILES string of the molecule is Cc1cccc2c1OCC(N)C(=O)N2. The molecule has 1 aliphatic rings. The van der Waals surface area contributed by atoms with Gasteiger partial charge in [-0.15, -0.1) is 0 Å². The van der Waals surface area contributed by atoms with Crippen molar-refractivity contribution in [3.63, 3.8) is 0 Å². The monoisotopic (exact) mass is 192 g/mol. The van der Waals surface area contributed by atoms with Gasteiger partial charge in [0.25, 0.3) is 0 Å². The van der Waals surface area contributed by atoms with Gasteiger partial charge in [0.1, 0.15) is 18.4 Å². The van der Waals surface area contributed by atoms with E-state index >= 15 is 0 Å². The summed E-state index contributed by atoms with van der Waals surface area (Å²) in [5.41, 5.74) is 7.26. The Bertz CT molecular complexity index is 376. The van der Waals surface area contributed by atoms with E-state index in [1.165, 1.54) is 0 Å². The molecule has 4 nitrogen and oxygen atoms in total. The molecule has 1 heterocycles. The summed E-state index contributed by atoms with van der Waals surface area (Å²) in [7, 11) is 0. The first-order valence-corrected chi connectivity index (χ1v) is 4.47. The summed E-state index contributed by atoms with van der Waals surface area (Å²) in [5, 5.41) is 2.72. The highest BCUT2D eigenvalue weighted by Crippen LogP contribution is 2.29. The van der Waals surface area contributed by atoms with E-state index in [4.69, 9.17) is 10.5 Å². The lowest BCUT2D eigenvalue weighted by molar-refractivity contribution is -0.117. The zero-order chi connectivity index (χ0) is 10.1. The number of benzene rings is 1. The molecule has 1 aromatic carbocycles. The zero-order valence-electron chi connectivity index (χ0n) is 7.91. The van der Waals surface area contributed by atoms with Crippen LogP contribution in [0.1, 0.15) is 5.56 Å². The Hall–Kier alpha value is -1.55. The van der Waals surface area contributed by atoms with Crippen LogP contribution < -0.4 is 15.8 Å². The van der Waals surface area contributed by atoms with Crippen LogP contribution in [0.4, 0.5) is 5.69 Å². The minimum atomic E-state index is -0.596. The molecule has 0 aromatic heterocycles. The third-order valence-corrected chi connectivity index (χ3v) is 2.21. The van der Waals surface area contributed by atoms with Crippen LogP contribution in [0.25, 0.3) is 0 Å². The Balaban J connectivity index is 2.42. The predicted octanol–water partition coefficient (Wildman–Crippen LogP) is 0.653. The Morgan fingerprint density at radius 2 is 2.36 bits per heavy atom. The second-order valence-corrected chi connectivity index (χ2v) is 3.36. The quantitative estimate of drug-likeness (QED) is 0.634. The van der Waals surface area contributed by atoms with Gasteiger partial charge in [-0.1, -0.05) is 12.1 Å². The number of hydrogen-bond acceptors (Lipinski definition) is 3. The summed E-state index contributed by atoms with van der Waals surface area (Å²) >= 11 is 0. The average molecular weight is 192 g/mol. The highest BCUT2D eigenvalue weighted by Gasteiger charge is 2.21. The third-order valence-electron chi connectivity index (χ3n) is 2.21. The Labute approximate surface area is 82.1 Å². The van der Waals surface area contributed by atoms with Gasteiger partial charge in [0.15, 0.2) is 0 Å². The Kier molecular flexibility index (Phi) is 2.13. The van der Waals surface area contributed by atoms with E-state index in [1.54, 1.807) is 6.07 Å². The minimum Gasteiger partial charge on any atom is -0.489 e. The van der Waals surface area contributed by atoms with Crippen molar-refractivity contribution in [1.82, 2.24) is 0 Å². The van der Waals surface area contributed by atoms with Gasteiger partial charge < -0.3 is 15.8 Å². The normalized spacial score (nSPS) is 20.4. The molecule has 0 bridgehead atoms. The number of hydrogen-bond donors (Lipinski definition) is 2. The van der Waals surface area contributed by atoms with Crippen molar-refractivity contribution in [2.24, 2.45) is 5.73 Å². The van der Waals surface area contributed by atoms with Crippen LogP contribution in [-0.2, 0) is 4.79 Å². The van der Waals surface area contributed by atoms with Crippen LogP contribution in [0.2, 0.25) is 0 Å². The molecule has 1 amide bonds. The topological polar surface area (TPSA) is 64.3 Å². The summed E-state index contributed by atoms with van der Waals surface area (Å²) < 4.78 is 5.45. The van der Waals surface area contributed by atoms with Crippen molar-refractivity contribution in [2.75, 3.05) is 11.9 Å². The molecule has 4 heteroatoms. The number of carbonyl (C=O) groups excluding carboxylic acids is 1. The van der Waals surface area contributed by atoms with Gasteiger partial charge in [-0.3, -0.25) is 4.79 Å². The number of anilines is 1. The average Bonchev–Trinajstić information content (AvgIpc) is 2.29. The van der Waals surface area contributed by atoms with Crippen molar-refractivity contribution < 1.29 is 9.53 Å². The smallest absolute Gasteiger partial charge is 0.244 e. The first kappa shape index (κ1) is 9.02. The molecule has 0 saturated carbocycles. The van der Waals surface area contributed by atoms with Crippen LogP contribution in [0.3, 0.4) is 0 Å². The molecular formula is C10H12N2O2. The predicted molar refractivity (Wildman–Crippen MR) is 53.3 cm³/mol. The van der Waals surface area contributed by atoms with Gasteiger partial charge in [0.2, 0.25) is 5.91 Å². The van der Waals surface area contributed by atoms with Gasteiger partial charge in [0.05, 0.1) is 5.69 Å². The van der Waals surface area contributed by atoms with Gasteiger partial charge in [-0.2, -0.15) is 0 Å². The fourth-order valence-corrected chi connectivity index (χ4v) is 1.42. The highest BCUT2D eigenvalue weighted by molar-refractivity contribution is 5.97. The molecule has 0 spiro atoms. The summed E-state index contributed by atoms with van der Waals surface area (Å²) in [6, 6.07) is 5.01. The van der Waals surface area contributed by atoms with E-state index in [2.05, 4.69) is 5.32 Å². The zero-order valence-corrected chi connectivity index (χ0v) is 7.91. The molecule has 1 aliphatic heterocycles. The van der Waals surface area contributed by atoms with E-state index in [1.807, 2.05) is 19.1 Å². The van der Waals surface area contributed by atoms with Crippen LogP contribution in [0.15, 0.2) is 18.2 Å². The van der Waals surface area contributed by atoms with Crippen molar-refractivity contribution in [2.45, 2.75) is 13.0 Å². The number of nitrogens with two attached hydrogens (primary N) is 1. The second kappa shape index (κ2) is 3.31. The number of rotatable bonds is 0. The van der Waals surface area contributed by atoms with Crippen LogP contribution in [0, 0.1) is 6.92 Å². The van der Waals surface area contributed by atoms with Gasteiger partial charge >= 0.3 is 0 Å². The molecule has 0 saturated heterocycles. The molecule has 74 valence electrons. The van der Waals surface area contributed by atoms with Crippen LogP contribution >= 0.6 is 0 Å². The first-order chi connectivity index (χ1) is 6.68. The maximum Gasteiger partial charge on any atom is 0.244 e. The molecule has 1 aromatic rings. The summed E-state index contributed by atoms with van der Waals surface area (Å²) in [6.45, 7) is 2.16. The fraction of sp³-hybridized carbons (Fsp3) is 0.300. The number of aryl methyl sites for hydroxylation is 1. The van der Waals surface area contributed by atoms with E-state index in [0.29, 0.717) is 11.4 Å². The second-order valence-electron chi connectivity index (χ2n) is 3.36. The highest BCUT2D eigenvalue weighted by atomic mass is 16.5. The molecular weight excluding hydrogens is 180 g/mol. The van der Waals surface area contributed by atoms with E-state index in [-0.39, 0.29) is 12.5 Å². The Morgan fingerprint density at radius 1 is 1.57 bits per heavy atom. The van der Waals surface area contributed by atoms with E-state index in [0.717, 1.165) is 5.56 Å². The van der Waals surface area contributed by atoms with E-state index < -0.39 is 6.04 Å². The lowest BCUT2D eigenvalue weighted by Gasteiger charge is -2.08. The molecule has 0 radical (unpaired) electrons. The number of nitrogens with one attached hydrogen (secondary N) is 1. The maximum absolute atomic E-state index is 11.4. The molecule has 14 heavy (non-hydrogen) atoms. The molecule has 1 atom stereocenters. The number of carbonyl (C=O) groups is 1.